The van der Waals surface area contributed by atoms with Gasteiger partial charge in [0, 0.05) is 30.1 Å². The van der Waals surface area contributed by atoms with E-state index in [1.54, 1.807) is 0 Å². The lowest BCUT2D eigenvalue weighted by Crippen LogP contribution is -2.02. The van der Waals surface area contributed by atoms with Crippen molar-refractivity contribution in [1.29, 1.82) is 5.41 Å². The number of nitrogens with one attached hydrogen (secondary N) is 2. The highest BCUT2D eigenvalue weighted by molar-refractivity contribution is 8.17. The van der Waals surface area contributed by atoms with Gasteiger partial charge in [0.2, 0.25) is 0 Å². The Morgan fingerprint density at radius 3 is 2.30 bits per heavy atom. The zero-order chi connectivity index (χ0) is 8.20. The van der Waals surface area contributed by atoms with Gasteiger partial charge >= 0.3 is 0 Å². The van der Waals surface area contributed by atoms with Gasteiger partial charge < -0.3 is 10.7 Å². The van der Waals surface area contributed by atoms with E-state index < -0.39 is 9.05 Å². The van der Waals surface area contributed by atoms with E-state index in [2.05, 4.69) is 5.32 Å². The molecule has 0 bridgehead atoms. The molecule has 0 aromatic carbocycles. The second kappa shape index (κ2) is 3.58. The number of hydrogen-bond acceptors (Lipinski definition) is 4. The Kier molecular flexibility index (Phi) is 3.38. The van der Waals surface area contributed by atoms with Crippen LogP contribution in [-0.4, -0.2) is 21.7 Å². The summed E-state index contributed by atoms with van der Waals surface area (Å²) < 4.78 is 20.9. The van der Waals surface area contributed by atoms with Crippen molar-refractivity contribution in [2.24, 2.45) is 0 Å². The van der Waals surface area contributed by atoms with Gasteiger partial charge in [0.15, 0.2) is 0 Å². The molecule has 0 aromatic rings. The van der Waals surface area contributed by atoms with E-state index in [1.165, 1.54) is 7.05 Å². The third-order valence-corrected chi connectivity index (χ3v) is 2.04. The molecule has 0 aliphatic carbocycles. The van der Waals surface area contributed by atoms with Crippen LogP contribution in [-0.2, 0) is 9.05 Å². The van der Waals surface area contributed by atoms with Crippen LogP contribution in [0.3, 0.4) is 0 Å². The number of allylic oxidation sites excluding steroid dienone is 1. The minimum Gasteiger partial charge on any atom is -0.393 e. The molecule has 6 heteroatoms. The zero-order valence-corrected chi connectivity index (χ0v) is 6.83. The Morgan fingerprint density at radius 2 is 2.20 bits per heavy atom. The van der Waals surface area contributed by atoms with Gasteiger partial charge in [-0.2, -0.15) is 0 Å². The van der Waals surface area contributed by atoms with Crippen molar-refractivity contribution in [3.05, 3.63) is 11.1 Å². The summed E-state index contributed by atoms with van der Waals surface area (Å²) in [5.41, 5.74) is 0. The molecule has 2 N–H and O–H groups in total. The van der Waals surface area contributed by atoms with E-state index in [4.69, 9.17) is 16.1 Å². The molecule has 0 aliphatic rings. The molecule has 0 spiro atoms. The van der Waals surface area contributed by atoms with E-state index in [1.807, 2.05) is 0 Å². The smallest absolute Gasteiger partial charge is 0.264 e. The molecule has 0 radical (unpaired) electrons. The quantitative estimate of drug-likeness (QED) is 0.486. The molecule has 4 nitrogen and oxygen atoms in total. The summed E-state index contributed by atoms with van der Waals surface area (Å²) in [5, 5.41) is 9.07. The molecule has 10 heavy (non-hydrogen) atoms. The van der Waals surface area contributed by atoms with Gasteiger partial charge in [-0.25, -0.2) is 8.42 Å². The van der Waals surface area contributed by atoms with Crippen molar-refractivity contribution < 1.29 is 8.42 Å². The average Bonchev–Trinajstić information content (AvgIpc) is 1.80. The maximum Gasteiger partial charge on any atom is 0.264 e. The Bertz CT molecular complexity index is 244. The fourth-order valence-electron chi connectivity index (χ4n) is 0.325. The van der Waals surface area contributed by atoms with E-state index >= 15 is 0 Å². The van der Waals surface area contributed by atoms with Crippen molar-refractivity contribution >= 4 is 25.9 Å². The molecule has 58 valence electrons. The summed E-state index contributed by atoms with van der Waals surface area (Å²) in [4.78, 5) is -0.253. The van der Waals surface area contributed by atoms with Crippen molar-refractivity contribution in [3.63, 3.8) is 0 Å². The van der Waals surface area contributed by atoms with Crippen LogP contribution in [0, 0.1) is 5.41 Å². The minimum atomic E-state index is -3.75. The SMILES string of the molecule is CN/C=C(\C=N)S(=O)(=O)Cl. The van der Waals surface area contributed by atoms with Crippen LogP contribution < -0.4 is 5.32 Å². The summed E-state index contributed by atoms with van der Waals surface area (Å²) in [6, 6.07) is 0. The normalized spacial score (nSPS) is 12.8. The van der Waals surface area contributed by atoms with E-state index in [-0.39, 0.29) is 4.91 Å². The Balaban J connectivity index is 4.71. The van der Waals surface area contributed by atoms with E-state index in [9.17, 15) is 8.42 Å². The van der Waals surface area contributed by atoms with Gasteiger partial charge in [0.05, 0.1) is 0 Å². The highest BCUT2D eigenvalue weighted by Crippen LogP contribution is 2.07. The first kappa shape index (κ1) is 9.45. The van der Waals surface area contributed by atoms with E-state index in [0.29, 0.717) is 6.21 Å². The number of rotatable bonds is 3. The summed E-state index contributed by atoms with van der Waals surface area (Å²) in [6.07, 6.45) is 1.80. The first-order chi connectivity index (χ1) is 4.52. The molecular weight excluding hydrogens is 176 g/mol. The van der Waals surface area contributed by atoms with Gasteiger partial charge in [0.25, 0.3) is 9.05 Å². The summed E-state index contributed by atoms with van der Waals surface area (Å²) in [6.45, 7) is 0. The lowest BCUT2D eigenvalue weighted by atomic mass is 10.6. The van der Waals surface area contributed by atoms with Crippen LogP contribution in [0.4, 0.5) is 0 Å². The van der Waals surface area contributed by atoms with Crippen LogP contribution in [0.1, 0.15) is 0 Å². The van der Waals surface area contributed by atoms with Crippen LogP contribution in [0.15, 0.2) is 11.1 Å². The van der Waals surface area contributed by atoms with Crippen molar-refractivity contribution in [1.82, 2.24) is 5.32 Å². The standard InChI is InChI=1S/C4H7ClN2O2S/c1-7-3-4(2-6)10(5,8)9/h2-3,6-7H,1H3/b4-3+,6-2?. The average molecular weight is 183 g/mol. The van der Waals surface area contributed by atoms with Gasteiger partial charge in [-0.1, -0.05) is 0 Å². The molecule has 0 fully saturated rings. The lowest BCUT2D eigenvalue weighted by molar-refractivity contribution is 0.616. The summed E-state index contributed by atoms with van der Waals surface area (Å²) >= 11 is 0. The Labute approximate surface area is 63.8 Å². The van der Waals surface area contributed by atoms with E-state index in [0.717, 1.165) is 6.20 Å². The summed E-state index contributed by atoms with van der Waals surface area (Å²) in [7, 11) is 2.66. The molecule has 0 heterocycles. The predicted molar refractivity (Wildman–Crippen MR) is 40.7 cm³/mol. The topological polar surface area (TPSA) is 70.0 Å². The number of halogens is 1. The molecule has 0 saturated heterocycles. The second-order valence-corrected chi connectivity index (χ2v) is 3.98. The third kappa shape index (κ3) is 2.84. The van der Waals surface area contributed by atoms with Crippen molar-refractivity contribution in [3.8, 4) is 0 Å². The van der Waals surface area contributed by atoms with Crippen LogP contribution in [0.2, 0.25) is 0 Å². The third-order valence-electron chi connectivity index (χ3n) is 0.710. The Morgan fingerprint density at radius 1 is 1.70 bits per heavy atom. The molecule has 0 aliphatic heterocycles. The molecule has 0 atom stereocenters. The molecule has 0 amide bonds. The highest BCUT2D eigenvalue weighted by Gasteiger charge is 2.09. The fraction of sp³-hybridized carbons (Fsp3) is 0.250. The van der Waals surface area contributed by atoms with Crippen molar-refractivity contribution in [2.45, 2.75) is 0 Å². The molecule has 0 unspecified atom stereocenters. The van der Waals surface area contributed by atoms with Crippen LogP contribution in [0.5, 0.6) is 0 Å². The largest absolute Gasteiger partial charge is 0.393 e. The summed E-state index contributed by atoms with van der Waals surface area (Å²) in [5.74, 6) is 0. The highest BCUT2D eigenvalue weighted by atomic mass is 35.7. The monoisotopic (exact) mass is 182 g/mol. The first-order valence-electron chi connectivity index (χ1n) is 2.35. The van der Waals surface area contributed by atoms with Gasteiger partial charge in [-0.15, -0.1) is 0 Å². The maximum absolute atomic E-state index is 10.5. The fourth-order valence-corrected chi connectivity index (χ4v) is 0.991. The van der Waals surface area contributed by atoms with Gasteiger partial charge in [0.1, 0.15) is 4.91 Å². The van der Waals surface area contributed by atoms with Gasteiger partial charge in [-0.05, 0) is 0 Å². The zero-order valence-electron chi connectivity index (χ0n) is 5.26. The van der Waals surface area contributed by atoms with Crippen molar-refractivity contribution in [2.75, 3.05) is 7.05 Å². The van der Waals surface area contributed by atoms with Crippen LogP contribution in [0.25, 0.3) is 0 Å². The predicted octanol–water partition coefficient (Wildman–Crippen LogP) is 0.265. The number of hydrogen-bond donors (Lipinski definition) is 2. The molecular formula is C4H7ClN2O2S. The van der Waals surface area contributed by atoms with Gasteiger partial charge in [-0.3, -0.25) is 0 Å². The minimum absolute atomic E-state index is 0.253. The molecule has 0 rings (SSSR count). The first-order valence-corrected chi connectivity index (χ1v) is 4.66. The molecule has 0 saturated carbocycles. The lowest BCUT2D eigenvalue weighted by Gasteiger charge is -1.92. The second-order valence-electron chi connectivity index (χ2n) is 1.42. The molecule has 0 aromatic heterocycles. The Hall–Kier alpha value is -0.550. The van der Waals surface area contributed by atoms with Crippen LogP contribution >= 0.6 is 10.7 Å². The maximum atomic E-state index is 10.5.